The number of hydrogen-bond acceptors (Lipinski definition) is 4. The Bertz CT molecular complexity index is 448. The van der Waals surface area contributed by atoms with Gasteiger partial charge in [0.2, 0.25) is 11.8 Å². The summed E-state index contributed by atoms with van der Waals surface area (Å²) in [5.74, 6) is 0.358. The van der Waals surface area contributed by atoms with Crippen molar-refractivity contribution in [2.45, 2.75) is 32.8 Å². The van der Waals surface area contributed by atoms with Gasteiger partial charge in [-0.05, 0) is 18.3 Å². The Hall–Kier alpha value is -1.01. The molecule has 5 nitrogen and oxygen atoms in total. The Balaban J connectivity index is 2.09. The second kappa shape index (κ2) is 5.77. The Kier molecular flexibility index (Phi) is 4.44. The van der Waals surface area contributed by atoms with E-state index in [0.717, 1.165) is 0 Å². The predicted octanol–water partition coefficient (Wildman–Crippen LogP) is 1.04. The molecule has 2 saturated heterocycles. The molecule has 112 valence electrons. The van der Waals surface area contributed by atoms with E-state index in [1.807, 2.05) is 0 Å². The third-order valence-corrected chi connectivity index (χ3v) is 4.82. The summed E-state index contributed by atoms with van der Waals surface area (Å²) in [5, 5.41) is 10.6. The highest BCUT2D eigenvalue weighted by molar-refractivity contribution is 8.04. The molecule has 0 radical (unpaired) electrons. The van der Waals surface area contributed by atoms with Crippen LogP contribution in [0.3, 0.4) is 0 Å². The highest BCUT2D eigenvalue weighted by atomic mass is 32.2. The molecular weight excluding hydrogens is 276 g/mol. The SMILES string of the molecule is CN1C(=O)CSC1=CC(=O)N1CCC(O)CC(C)(C)C1. The molecular formula is C14H22N2O3S. The zero-order valence-corrected chi connectivity index (χ0v) is 13.1. The van der Waals surface area contributed by atoms with Crippen LogP contribution in [-0.2, 0) is 9.59 Å². The standard InChI is InChI=1S/C14H22N2O3S/c1-14(2)7-10(17)4-5-16(9-14)11(18)6-13-15(3)12(19)8-20-13/h6,10,17H,4-5,7-9H2,1-3H3. The van der Waals surface area contributed by atoms with E-state index in [4.69, 9.17) is 0 Å². The van der Waals surface area contributed by atoms with E-state index < -0.39 is 0 Å². The lowest BCUT2D eigenvalue weighted by molar-refractivity contribution is -0.127. The summed E-state index contributed by atoms with van der Waals surface area (Å²) in [4.78, 5) is 27.1. The van der Waals surface area contributed by atoms with Crippen LogP contribution in [-0.4, -0.2) is 58.7 Å². The molecule has 1 N–H and O–H groups in total. The number of carbonyl (C=O) groups is 2. The van der Waals surface area contributed by atoms with Crippen LogP contribution in [0.2, 0.25) is 0 Å². The van der Waals surface area contributed by atoms with Crippen LogP contribution in [0.4, 0.5) is 0 Å². The molecule has 0 aromatic heterocycles. The second-order valence-electron chi connectivity index (χ2n) is 6.29. The minimum absolute atomic E-state index is 0.0284. The average Bonchev–Trinajstić information content (AvgIpc) is 2.57. The highest BCUT2D eigenvalue weighted by Gasteiger charge is 2.31. The van der Waals surface area contributed by atoms with E-state index in [2.05, 4.69) is 13.8 Å². The zero-order valence-electron chi connectivity index (χ0n) is 12.3. The minimum atomic E-state index is -0.347. The van der Waals surface area contributed by atoms with Crippen molar-refractivity contribution in [3.63, 3.8) is 0 Å². The summed E-state index contributed by atoms with van der Waals surface area (Å²) in [6.45, 7) is 5.33. The maximum atomic E-state index is 12.4. The Morgan fingerprint density at radius 3 is 2.80 bits per heavy atom. The molecule has 0 aromatic rings. The van der Waals surface area contributed by atoms with E-state index in [-0.39, 0.29) is 23.3 Å². The summed E-state index contributed by atoms with van der Waals surface area (Å²) in [7, 11) is 1.69. The summed E-state index contributed by atoms with van der Waals surface area (Å²) in [6, 6.07) is 0. The van der Waals surface area contributed by atoms with Gasteiger partial charge in [0, 0.05) is 26.2 Å². The number of hydrogen-bond donors (Lipinski definition) is 1. The Morgan fingerprint density at radius 2 is 2.20 bits per heavy atom. The van der Waals surface area contributed by atoms with Gasteiger partial charge in [-0.25, -0.2) is 0 Å². The van der Waals surface area contributed by atoms with Crippen molar-refractivity contribution in [2.75, 3.05) is 25.9 Å². The molecule has 0 bridgehead atoms. The maximum absolute atomic E-state index is 12.4. The number of aliphatic hydroxyl groups excluding tert-OH is 1. The lowest BCUT2D eigenvalue weighted by atomic mass is 9.87. The zero-order chi connectivity index (χ0) is 14.9. The third kappa shape index (κ3) is 3.55. The number of likely N-dealkylation sites (tertiary alicyclic amines) is 1. The molecule has 20 heavy (non-hydrogen) atoms. The first-order valence-electron chi connectivity index (χ1n) is 6.86. The van der Waals surface area contributed by atoms with Gasteiger partial charge in [0.15, 0.2) is 0 Å². The molecule has 0 spiro atoms. The van der Waals surface area contributed by atoms with Crippen LogP contribution < -0.4 is 0 Å². The molecule has 0 aliphatic carbocycles. The van der Waals surface area contributed by atoms with Gasteiger partial charge in [0.25, 0.3) is 0 Å². The lowest BCUT2D eigenvalue weighted by Crippen LogP contribution is -2.37. The first-order valence-corrected chi connectivity index (χ1v) is 7.85. The predicted molar refractivity (Wildman–Crippen MR) is 78.9 cm³/mol. The summed E-state index contributed by atoms with van der Waals surface area (Å²) < 4.78 is 0. The maximum Gasteiger partial charge on any atom is 0.249 e. The molecule has 2 aliphatic heterocycles. The van der Waals surface area contributed by atoms with E-state index in [0.29, 0.717) is 36.7 Å². The number of amides is 2. The van der Waals surface area contributed by atoms with Crippen molar-refractivity contribution in [2.24, 2.45) is 5.41 Å². The van der Waals surface area contributed by atoms with Crippen LogP contribution in [0.1, 0.15) is 26.7 Å². The second-order valence-corrected chi connectivity index (χ2v) is 7.29. The largest absolute Gasteiger partial charge is 0.393 e. The van der Waals surface area contributed by atoms with Gasteiger partial charge < -0.3 is 14.9 Å². The fraction of sp³-hybridized carbons (Fsp3) is 0.714. The molecule has 2 aliphatic rings. The first kappa shape index (κ1) is 15.4. The minimum Gasteiger partial charge on any atom is -0.393 e. The van der Waals surface area contributed by atoms with Gasteiger partial charge in [0.05, 0.1) is 16.9 Å². The summed E-state index contributed by atoms with van der Waals surface area (Å²) in [5.41, 5.74) is -0.0887. The molecule has 2 heterocycles. The smallest absolute Gasteiger partial charge is 0.249 e. The van der Waals surface area contributed by atoms with Crippen LogP contribution in [0.15, 0.2) is 11.1 Å². The third-order valence-electron chi connectivity index (χ3n) is 3.75. The topological polar surface area (TPSA) is 60.9 Å². The Labute approximate surface area is 124 Å². The molecule has 0 saturated carbocycles. The van der Waals surface area contributed by atoms with Crippen LogP contribution in [0.5, 0.6) is 0 Å². The fourth-order valence-electron chi connectivity index (χ4n) is 2.68. The van der Waals surface area contributed by atoms with E-state index >= 15 is 0 Å². The number of rotatable bonds is 1. The molecule has 2 fully saturated rings. The van der Waals surface area contributed by atoms with Gasteiger partial charge in [-0.1, -0.05) is 25.6 Å². The monoisotopic (exact) mass is 298 g/mol. The fourth-order valence-corrected chi connectivity index (χ4v) is 3.63. The van der Waals surface area contributed by atoms with E-state index in [9.17, 15) is 14.7 Å². The van der Waals surface area contributed by atoms with Crippen molar-refractivity contribution in [1.29, 1.82) is 0 Å². The highest BCUT2D eigenvalue weighted by Crippen LogP contribution is 2.30. The van der Waals surface area contributed by atoms with Crippen LogP contribution in [0.25, 0.3) is 0 Å². The summed E-state index contributed by atoms with van der Waals surface area (Å²) >= 11 is 1.40. The first-order chi connectivity index (χ1) is 9.28. The van der Waals surface area contributed by atoms with E-state index in [1.165, 1.54) is 16.7 Å². The Morgan fingerprint density at radius 1 is 1.50 bits per heavy atom. The summed E-state index contributed by atoms with van der Waals surface area (Å²) in [6.07, 6.45) is 2.52. The normalized spacial score (nSPS) is 28.9. The van der Waals surface area contributed by atoms with Gasteiger partial charge in [-0.2, -0.15) is 0 Å². The lowest BCUT2D eigenvalue weighted by Gasteiger charge is -2.29. The number of nitrogens with zero attached hydrogens (tertiary/aromatic N) is 2. The van der Waals surface area contributed by atoms with Gasteiger partial charge >= 0.3 is 0 Å². The molecule has 1 unspecified atom stereocenters. The van der Waals surface area contributed by atoms with Gasteiger partial charge in [-0.15, -0.1) is 0 Å². The number of aliphatic hydroxyl groups is 1. The average molecular weight is 298 g/mol. The van der Waals surface area contributed by atoms with E-state index in [1.54, 1.807) is 18.0 Å². The van der Waals surface area contributed by atoms with Gasteiger partial charge in [-0.3, -0.25) is 9.59 Å². The number of carbonyl (C=O) groups excluding carboxylic acids is 2. The van der Waals surface area contributed by atoms with Crippen molar-refractivity contribution < 1.29 is 14.7 Å². The molecule has 6 heteroatoms. The molecule has 0 aromatic carbocycles. The number of thioether (sulfide) groups is 1. The van der Waals surface area contributed by atoms with Crippen molar-refractivity contribution in [3.05, 3.63) is 11.1 Å². The quantitative estimate of drug-likeness (QED) is 0.735. The van der Waals surface area contributed by atoms with Crippen molar-refractivity contribution in [3.8, 4) is 0 Å². The molecule has 1 atom stereocenters. The molecule has 2 amide bonds. The van der Waals surface area contributed by atoms with Gasteiger partial charge in [0.1, 0.15) is 0 Å². The molecule has 2 rings (SSSR count). The van der Waals surface area contributed by atoms with Crippen LogP contribution >= 0.6 is 11.8 Å². The van der Waals surface area contributed by atoms with Crippen molar-refractivity contribution >= 4 is 23.6 Å². The van der Waals surface area contributed by atoms with Crippen LogP contribution in [0, 0.1) is 5.41 Å². The van der Waals surface area contributed by atoms with Crippen molar-refractivity contribution in [1.82, 2.24) is 9.80 Å².